The van der Waals surface area contributed by atoms with Gasteiger partial charge in [0, 0.05) is 0 Å². The summed E-state index contributed by atoms with van der Waals surface area (Å²) in [5.41, 5.74) is 0. The minimum Gasteiger partial charge on any atom is -0.463 e. The van der Waals surface area contributed by atoms with Gasteiger partial charge in [0.25, 0.3) is 0 Å². The molecule has 0 aromatic carbocycles. The molecule has 0 aromatic rings. The molecule has 0 radical (unpaired) electrons. The van der Waals surface area contributed by atoms with Crippen LogP contribution in [0.1, 0.15) is 41.5 Å². The van der Waals surface area contributed by atoms with E-state index in [0.29, 0.717) is 0 Å². The average Bonchev–Trinajstić information content (AvgIpc) is 2.40. The van der Waals surface area contributed by atoms with E-state index in [4.69, 9.17) is 18.5 Å². The molecule has 2 atom stereocenters. The summed E-state index contributed by atoms with van der Waals surface area (Å²) in [6, 6.07) is 0. The average molecular weight is 354 g/mol. The van der Waals surface area contributed by atoms with Gasteiger partial charge in [-0.1, -0.05) is 27.7 Å². The van der Waals surface area contributed by atoms with Crippen LogP contribution in [0.2, 0.25) is 0 Å². The zero-order valence-electron chi connectivity index (χ0n) is 14.5. The molecule has 0 saturated heterocycles. The Labute approximate surface area is 137 Å². The Morgan fingerprint density at radius 3 is 1.39 bits per heavy atom. The molecule has 0 fully saturated rings. The van der Waals surface area contributed by atoms with Gasteiger partial charge in [0.2, 0.25) is 0 Å². The highest BCUT2D eigenvalue weighted by atomic mass is 31.2. The molecule has 8 nitrogen and oxygen atoms in total. The van der Waals surface area contributed by atoms with Gasteiger partial charge < -0.3 is 14.4 Å². The third-order valence-corrected chi connectivity index (χ3v) is 3.74. The van der Waals surface area contributed by atoms with Crippen LogP contribution in [0.15, 0.2) is 0 Å². The first-order chi connectivity index (χ1) is 10.4. The molecule has 0 bridgehead atoms. The Bertz CT molecular complexity index is 398. The van der Waals surface area contributed by atoms with Crippen molar-refractivity contribution in [3.63, 3.8) is 0 Å². The van der Waals surface area contributed by atoms with E-state index in [-0.39, 0.29) is 25.0 Å². The van der Waals surface area contributed by atoms with Gasteiger partial charge in [-0.05, 0) is 13.8 Å². The molecule has 0 amide bonds. The minimum absolute atomic E-state index is 0.165. The molecular weight excluding hydrogens is 327 g/mol. The summed E-state index contributed by atoms with van der Waals surface area (Å²) < 4.78 is 31.4. The molecule has 0 rings (SSSR count). The first kappa shape index (κ1) is 22.1. The molecule has 136 valence electrons. The van der Waals surface area contributed by atoms with Crippen LogP contribution in [0.25, 0.3) is 0 Å². The Morgan fingerprint density at radius 1 is 0.826 bits per heavy atom. The van der Waals surface area contributed by atoms with E-state index in [1.54, 1.807) is 27.7 Å². The van der Waals surface area contributed by atoms with Crippen molar-refractivity contribution in [3.05, 3.63) is 0 Å². The largest absolute Gasteiger partial charge is 0.472 e. The summed E-state index contributed by atoms with van der Waals surface area (Å²) in [7, 11) is -4.35. The summed E-state index contributed by atoms with van der Waals surface area (Å²) in [5.74, 6) is -1.45. The second kappa shape index (κ2) is 10.0. The number of hydrogen-bond donors (Lipinski definition) is 1. The predicted octanol–water partition coefficient (Wildman–Crippen LogP) is 2.30. The topological polar surface area (TPSA) is 108 Å². The third kappa shape index (κ3) is 10.4. The molecule has 1 N–H and O–H groups in total. The fraction of sp³-hybridized carbons (Fsp3) is 0.857. The summed E-state index contributed by atoms with van der Waals surface area (Å²) in [6.07, 6.45) is -1.64. The van der Waals surface area contributed by atoms with Crippen molar-refractivity contribution in [3.8, 4) is 0 Å². The standard InChI is InChI=1S/C14H27O8P/c1-9(2)13(15)19-7-11(5)21-23(17,18)22-12(6)8-20-14(16)10(3)4/h9-12H,7-8H2,1-6H3,(H,17,18). The monoisotopic (exact) mass is 354 g/mol. The van der Waals surface area contributed by atoms with E-state index in [1.165, 1.54) is 13.8 Å². The van der Waals surface area contributed by atoms with Crippen molar-refractivity contribution in [2.24, 2.45) is 11.8 Å². The maximum absolute atomic E-state index is 11.8. The van der Waals surface area contributed by atoms with E-state index in [1.807, 2.05) is 0 Å². The van der Waals surface area contributed by atoms with E-state index in [0.717, 1.165) is 0 Å². The summed E-state index contributed by atoms with van der Waals surface area (Å²) in [5, 5.41) is 0. The predicted molar refractivity (Wildman–Crippen MR) is 82.5 cm³/mol. The number of phosphoric acid groups is 1. The number of ether oxygens (including phenoxy) is 2. The lowest BCUT2D eigenvalue weighted by atomic mass is 10.2. The summed E-state index contributed by atoms with van der Waals surface area (Å²) in [6.45, 7) is 9.32. The van der Waals surface area contributed by atoms with Crippen molar-refractivity contribution in [1.29, 1.82) is 0 Å². The van der Waals surface area contributed by atoms with Crippen molar-refractivity contribution in [2.45, 2.75) is 53.8 Å². The number of carbonyl (C=O) groups is 2. The molecule has 0 spiro atoms. The van der Waals surface area contributed by atoms with E-state index in [9.17, 15) is 19.0 Å². The van der Waals surface area contributed by atoms with Crippen molar-refractivity contribution in [1.82, 2.24) is 0 Å². The maximum atomic E-state index is 11.8. The van der Waals surface area contributed by atoms with Crippen LogP contribution in [-0.4, -0.2) is 42.3 Å². The van der Waals surface area contributed by atoms with Crippen LogP contribution in [-0.2, 0) is 32.7 Å². The van der Waals surface area contributed by atoms with Crippen LogP contribution in [0, 0.1) is 11.8 Å². The highest BCUT2D eigenvalue weighted by Crippen LogP contribution is 2.45. The zero-order valence-corrected chi connectivity index (χ0v) is 15.4. The van der Waals surface area contributed by atoms with Crippen molar-refractivity contribution in [2.75, 3.05) is 13.2 Å². The molecule has 0 saturated carbocycles. The van der Waals surface area contributed by atoms with Gasteiger partial charge in [-0.15, -0.1) is 0 Å². The van der Waals surface area contributed by atoms with Crippen molar-refractivity contribution >= 4 is 19.8 Å². The molecule has 0 aliphatic heterocycles. The van der Waals surface area contributed by atoms with Gasteiger partial charge in [-0.3, -0.25) is 18.6 Å². The highest BCUT2D eigenvalue weighted by molar-refractivity contribution is 7.47. The van der Waals surface area contributed by atoms with Crippen molar-refractivity contribution < 1.29 is 37.6 Å². The molecule has 0 aliphatic rings. The highest BCUT2D eigenvalue weighted by Gasteiger charge is 2.28. The van der Waals surface area contributed by atoms with Crippen LogP contribution in [0.5, 0.6) is 0 Å². The van der Waals surface area contributed by atoms with Crippen LogP contribution in [0.4, 0.5) is 0 Å². The van der Waals surface area contributed by atoms with Gasteiger partial charge in [-0.2, -0.15) is 0 Å². The second-order valence-electron chi connectivity index (χ2n) is 5.87. The molecule has 0 heterocycles. The molecule has 2 unspecified atom stereocenters. The number of rotatable bonds is 10. The lowest BCUT2D eigenvalue weighted by molar-refractivity contribution is -0.150. The number of hydrogen-bond acceptors (Lipinski definition) is 7. The van der Waals surface area contributed by atoms with Crippen LogP contribution >= 0.6 is 7.82 Å². The fourth-order valence-corrected chi connectivity index (χ4v) is 2.35. The minimum atomic E-state index is -4.35. The number of phosphoric ester groups is 1. The zero-order chi connectivity index (χ0) is 18.2. The lowest BCUT2D eigenvalue weighted by Gasteiger charge is -2.21. The Hall–Kier alpha value is -0.950. The Kier molecular flexibility index (Phi) is 9.61. The summed E-state index contributed by atoms with van der Waals surface area (Å²) >= 11 is 0. The fourth-order valence-electron chi connectivity index (χ4n) is 1.27. The summed E-state index contributed by atoms with van der Waals surface area (Å²) in [4.78, 5) is 32.2. The van der Waals surface area contributed by atoms with Gasteiger partial charge >= 0.3 is 19.8 Å². The van der Waals surface area contributed by atoms with Gasteiger partial charge in [0.15, 0.2) is 0 Å². The third-order valence-electron chi connectivity index (χ3n) is 2.49. The lowest BCUT2D eigenvalue weighted by Crippen LogP contribution is -2.23. The quantitative estimate of drug-likeness (QED) is 0.470. The first-order valence-corrected chi connectivity index (χ1v) is 8.97. The smallest absolute Gasteiger partial charge is 0.463 e. The van der Waals surface area contributed by atoms with E-state index >= 15 is 0 Å². The second-order valence-corrected chi connectivity index (χ2v) is 7.23. The Morgan fingerprint density at radius 2 is 1.13 bits per heavy atom. The van der Waals surface area contributed by atoms with Gasteiger partial charge in [0.05, 0.1) is 11.8 Å². The van der Waals surface area contributed by atoms with E-state index < -0.39 is 32.0 Å². The molecule has 0 aliphatic carbocycles. The molecular formula is C14H27O8P. The normalized spacial score (nSPS) is 16.7. The molecule has 23 heavy (non-hydrogen) atoms. The Balaban J connectivity index is 4.23. The number of esters is 2. The molecule has 9 heteroatoms. The number of carbonyl (C=O) groups excluding carboxylic acids is 2. The van der Waals surface area contributed by atoms with Crippen LogP contribution in [0.3, 0.4) is 0 Å². The molecule has 0 aromatic heterocycles. The van der Waals surface area contributed by atoms with Gasteiger partial charge in [-0.25, -0.2) is 4.57 Å². The first-order valence-electron chi connectivity index (χ1n) is 7.47. The van der Waals surface area contributed by atoms with Gasteiger partial charge in [0.1, 0.15) is 25.4 Å². The SMILES string of the molecule is CC(COC(=O)C(C)C)OP(=O)(O)OC(C)COC(=O)C(C)C. The maximum Gasteiger partial charge on any atom is 0.472 e. The van der Waals surface area contributed by atoms with Crippen LogP contribution < -0.4 is 0 Å². The van der Waals surface area contributed by atoms with E-state index in [2.05, 4.69) is 0 Å².